The molecule has 0 saturated heterocycles. The Bertz CT molecular complexity index is 601. The van der Waals surface area contributed by atoms with E-state index in [1.807, 2.05) is 6.07 Å². The van der Waals surface area contributed by atoms with Crippen molar-refractivity contribution in [3.05, 3.63) is 34.0 Å². The highest BCUT2D eigenvalue weighted by molar-refractivity contribution is 7.13. The third kappa shape index (κ3) is 7.22. The second-order valence-corrected chi connectivity index (χ2v) is 9.11. The van der Waals surface area contributed by atoms with Crippen LogP contribution in [0, 0.1) is 11.8 Å². The van der Waals surface area contributed by atoms with Gasteiger partial charge in [0, 0.05) is 22.8 Å². The first-order valence-corrected chi connectivity index (χ1v) is 11.2. The van der Waals surface area contributed by atoms with E-state index in [0.29, 0.717) is 11.3 Å². The molecule has 0 bridgehead atoms. The van der Waals surface area contributed by atoms with Gasteiger partial charge >= 0.3 is 5.97 Å². The van der Waals surface area contributed by atoms with Crippen LogP contribution in [0.4, 0.5) is 0 Å². The Balaban J connectivity index is 1.77. The molecule has 0 aromatic carbocycles. The Morgan fingerprint density at radius 3 is 2.70 bits per heavy atom. The summed E-state index contributed by atoms with van der Waals surface area (Å²) in [4.78, 5) is 12.4. The molecule has 0 amide bonds. The van der Waals surface area contributed by atoms with Gasteiger partial charge in [-0.15, -0.1) is 22.9 Å². The van der Waals surface area contributed by atoms with Crippen LogP contribution < -0.4 is 0 Å². The lowest BCUT2D eigenvalue weighted by atomic mass is 9.89. The second kappa shape index (κ2) is 11.8. The van der Waals surface area contributed by atoms with E-state index >= 15 is 0 Å². The van der Waals surface area contributed by atoms with E-state index in [4.69, 9.17) is 21.8 Å². The van der Waals surface area contributed by atoms with Crippen LogP contribution in [0.25, 0.3) is 0 Å². The van der Waals surface area contributed by atoms with Gasteiger partial charge in [0.25, 0.3) is 0 Å². The zero-order valence-corrected chi connectivity index (χ0v) is 17.3. The number of halogens is 1. The van der Waals surface area contributed by atoms with Gasteiger partial charge in [0.2, 0.25) is 0 Å². The number of allylic oxidation sites excluding steroid dienone is 1. The highest BCUT2D eigenvalue weighted by atomic mass is 35.5. The van der Waals surface area contributed by atoms with Crippen molar-refractivity contribution in [2.45, 2.75) is 69.3 Å². The number of rotatable bonds is 12. The fourth-order valence-corrected chi connectivity index (χ4v) is 5.22. The van der Waals surface area contributed by atoms with Gasteiger partial charge in [-0.25, -0.2) is 4.79 Å². The minimum Gasteiger partial charge on any atom is -0.477 e. The van der Waals surface area contributed by atoms with Gasteiger partial charge in [-0.1, -0.05) is 25.0 Å². The summed E-state index contributed by atoms with van der Waals surface area (Å²) < 4.78 is 0. The average Bonchev–Trinajstić information content (AvgIpc) is 3.20. The van der Waals surface area contributed by atoms with Crippen molar-refractivity contribution in [3.8, 4) is 0 Å². The number of aliphatic hydroxyl groups is 2. The minimum absolute atomic E-state index is 0.00267. The van der Waals surface area contributed by atoms with E-state index in [-0.39, 0.29) is 29.9 Å². The molecular formula is C21H31ClO4S. The molecule has 2 rings (SSSR count). The van der Waals surface area contributed by atoms with Crippen molar-refractivity contribution in [3.63, 3.8) is 0 Å². The Morgan fingerprint density at radius 1 is 1.22 bits per heavy atom. The average molecular weight is 415 g/mol. The molecule has 4 nitrogen and oxygen atoms in total. The van der Waals surface area contributed by atoms with E-state index in [1.165, 1.54) is 11.3 Å². The van der Waals surface area contributed by atoms with E-state index in [0.717, 1.165) is 56.2 Å². The molecule has 1 aliphatic rings. The summed E-state index contributed by atoms with van der Waals surface area (Å²) in [6, 6.07) is 3.56. The van der Waals surface area contributed by atoms with Crippen LogP contribution in [-0.2, 0) is 6.42 Å². The fourth-order valence-electron chi connectivity index (χ4n) is 3.85. The lowest BCUT2D eigenvalue weighted by Crippen LogP contribution is -2.18. The molecule has 0 spiro atoms. The van der Waals surface area contributed by atoms with Crippen molar-refractivity contribution in [2.75, 3.05) is 6.61 Å². The molecule has 1 saturated carbocycles. The highest BCUT2D eigenvalue weighted by Gasteiger charge is 2.39. The van der Waals surface area contributed by atoms with Gasteiger partial charge in [-0.3, -0.25) is 0 Å². The number of aliphatic hydroxyl groups excluding tert-OH is 2. The quantitative estimate of drug-likeness (QED) is 0.259. The maximum atomic E-state index is 11.0. The third-order valence-corrected chi connectivity index (χ3v) is 6.98. The van der Waals surface area contributed by atoms with E-state index in [9.17, 15) is 9.90 Å². The number of thiophene rings is 1. The molecule has 3 N–H and O–H groups in total. The SMILES string of the molecule is O=C(O)c1ccc(CCC[C@H]2C(Cl)C[C@@H](O)C2C=CCCCCCCO)s1. The number of unbranched alkanes of at least 4 members (excludes halogenated alkanes) is 4. The monoisotopic (exact) mass is 414 g/mol. The van der Waals surface area contributed by atoms with Crippen LogP contribution >= 0.6 is 22.9 Å². The molecule has 1 aromatic heterocycles. The molecule has 6 heteroatoms. The van der Waals surface area contributed by atoms with Crippen molar-refractivity contribution >= 4 is 28.9 Å². The van der Waals surface area contributed by atoms with Crippen LogP contribution in [-0.4, -0.2) is 39.4 Å². The first-order chi connectivity index (χ1) is 13.0. The predicted molar refractivity (Wildman–Crippen MR) is 111 cm³/mol. The number of hydrogen-bond acceptors (Lipinski definition) is 4. The summed E-state index contributed by atoms with van der Waals surface area (Å²) in [6.07, 6.45) is 12.5. The second-order valence-electron chi connectivity index (χ2n) is 7.38. The summed E-state index contributed by atoms with van der Waals surface area (Å²) in [5.41, 5.74) is 0. The highest BCUT2D eigenvalue weighted by Crippen LogP contribution is 2.40. The first-order valence-electron chi connectivity index (χ1n) is 9.94. The molecule has 1 aromatic rings. The number of aromatic carboxylic acids is 1. The molecule has 0 radical (unpaired) electrons. The molecule has 1 aliphatic carbocycles. The third-order valence-electron chi connectivity index (χ3n) is 5.34. The Morgan fingerprint density at radius 2 is 2.00 bits per heavy atom. The normalized spacial score (nSPS) is 25.4. The largest absolute Gasteiger partial charge is 0.477 e. The summed E-state index contributed by atoms with van der Waals surface area (Å²) in [5, 5.41) is 28.1. The minimum atomic E-state index is -0.868. The van der Waals surface area contributed by atoms with Crippen LogP contribution in [0.2, 0.25) is 0 Å². The number of alkyl halides is 1. The topological polar surface area (TPSA) is 77.8 Å². The number of carboxylic acids is 1. The smallest absolute Gasteiger partial charge is 0.345 e. The molecule has 27 heavy (non-hydrogen) atoms. The molecule has 1 heterocycles. The number of carboxylic acid groups (broad SMARTS) is 1. The zero-order valence-electron chi connectivity index (χ0n) is 15.7. The van der Waals surface area contributed by atoms with Crippen molar-refractivity contribution < 1.29 is 20.1 Å². The molecule has 4 atom stereocenters. The first kappa shape index (κ1) is 22.4. The lowest BCUT2D eigenvalue weighted by molar-refractivity contribution is 0.0702. The van der Waals surface area contributed by atoms with Crippen molar-refractivity contribution in [1.29, 1.82) is 0 Å². The van der Waals surface area contributed by atoms with Crippen LogP contribution in [0.15, 0.2) is 24.3 Å². The van der Waals surface area contributed by atoms with Crippen LogP contribution in [0.3, 0.4) is 0 Å². The van der Waals surface area contributed by atoms with E-state index < -0.39 is 5.97 Å². The summed E-state index contributed by atoms with van der Waals surface area (Å²) in [5.74, 6) is -0.485. The van der Waals surface area contributed by atoms with Gasteiger partial charge in [-0.05, 0) is 63.0 Å². The molecular weight excluding hydrogens is 384 g/mol. The Labute approximate surface area is 170 Å². The van der Waals surface area contributed by atoms with Crippen LogP contribution in [0.1, 0.15) is 65.9 Å². The molecule has 0 aliphatic heterocycles. The maximum absolute atomic E-state index is 11.0. The Hall–Kier alpha value is -0.880. The van der Waals surface area contributed by atoms with E-state index in [1.54, 1.807) is 6.07 Å². The van der Waals surface area contributed by atoms with Crippen LogP contribution in [0.5, 0.6) is 0 Å². The lowest BCUT2D eigenvalue weighted by Gasteiger charge is -2.20. The number of aryl methyl sites for hydroxylation is 1. The summed E-state index contributed by atoms with van der Waals surface area (Å²) in [7, 11) is 0. The van der Waals surface area contributed by atoms with E-state index in [2.05, 4.69) is 12.2 Å². The maximum Gasteiger partial charge on any atom is 0.345 e. The summed E-state index contributed by atoms with van der Waals surface area (Å²) in [6.45, 7) is 0.270. The zero-order chi connectivity index (χ0) is 19.6. The predicted octanol–water partition coefficient (Wildman–Crippen LogP) is 4.87. The van der Waals surface area contributed by atoms with Crippen molar-refractivity contribution in [1.82, 2.24) is 0 Å². The standard InChI is InChI=1S/C21H31ClO4S/c22-18-14-19(24)17(9-5-3-1-2-4-6-13-23)16(18)10-7-8-15-11-12-20(27-15)21(25)26/h5,9,11-12,16-19,23-24H,1-4,6-8,10,13-14H2,(H,25,26)/t16-,17?,18?,19-/m1/s1. The summed E-state index contributed by atoms with van der Waals surface area (Å²) >= 11 is 7.84. The molecule has 1 fully saturated rings. The molecule has 2 unspecified atom stereocenters. The van der Waals surface area contributed by atoms with Gasteiger partial charge in [0.1, 0.15) is 4.88 Å². The van der Waals surface area contributed by atoms with Gasteiger partial charge in [-0.2, -0.15) is 0 Å². The molecule has 152 valence electrons. The fraction of sp³-hybridized carbons (Fsp3) is 0.667. The van der Waals surface area contributed by atoms with Gasteiger partial charge < -0.3 is 15.3 Å². The Kier molecular flexibility index (Phi) is 9.83. The van der Waals surface area contributed by atoms with Gasteiger partial charge in [0.15, 0.2) is 0 Å². The van der Waals surface area contributed by atoms with Crippen molar-refractivity contribution in [2.24, 2.45) is 11.8 Å². The number of carbonyl (C=O) groups is 1. The number of hydrogen-bond donors (Lipinski definition) is 3. The van der Waals surface area contributed by atoms with Gasteiger partial charge in [0.05, 0.1) is 6.10 Å².